The fraction of sp³-hybridized carbons (Fsp3) is 0.556. The minimum atomic E-state index is -0.589. The number of Topliss-reactive ketones (excluding diaryl/α,β-unsaturated/α-hetero) is 1. The van der Waals surface area contributed by atoms with Crippen LogP contribution in [0.25, 0.3) is 0 Å². The van der Waals surface area contributed by atoms with Crippen molar-refractivity contribution in [3.05, 3.63) is 12.2 Å². The van der Waals surface area contributed by atoms with Crippen LogP contribution in [0.1, 0.15) is 20.3 Å². The maximum atomic E-state index is 11.3. The van der Waals surface area contributed by atoms with Gasteiger partial charge in [-0.25, -0.2) is 0 Å². The highest BCUT2D eigenvalue weighted by atomic mass is 16.6. The van der Waals surface area contributed by atoms with Crippen LogP contribution >= 0.6 is 0 Å². The van der Waals surface area contributed by atoms with Crippen LogP contribution < -0.4 is 0 Å². The molecule has 1 aliphatic heterocycles. The van der Waals surface area contributed by atoms with Gasteiger partial charge >= 0.3 is 5.97 Å². The third-order valence-corrected chi connectivity index (χ3v) is 1.89. The average molecular weight is 168 g/mol. The Balaban J connectivity index is 2.65. The molecule has 1 aliphatic rings. The summed E-state index contributed by atoms with van der Waals surface area (Å²) in [5.74, 6) is -1.12. The van der Waals surface area contributed by atoms with Gasteiger partial charge in [0, 0.05) is 6.42 Å². The highest BCUT2D eigenvalue weighted by Crippen LogP contribution is 2.21. The maximum absolute atomic E-state index is 11.3. The first-order chi connectivity index (χ1) is 5.52. The summed E-state index contributed by atoms with van der Waals surface area (Å²) in [6.45, 7) is 7.04. The molecule has 3 nitrogen and oxygen atoms in total. The molecule has 1 rings (SSSR count). The normalized spacial score (nSPS) is 28.8. The Morgan fingerprint density at radius 2 is 2.17 bits per heavy atom. The molecule has 0 radical (unpaired) electrons. The second-order valence-corrected chi connectivity index (χ2v) is 3.21. The quantitative estimate of drug-likeness (QED) is 0.352. The van der Waals surface area contributed by atoms with E-state index in [0.717, 1.165) is 5.57 Å². The number of esters is 1. The van der Waals surface area contributed by atoms with Crippen LogP contribution in [0.2, 0.25) is 0 Å². The van der Waals surface area contributed by atoms with Gasteiger partial charge in [-0.05, 0) is 13.8 Å². The van der Waals surface area contributed by atoms with Gasteiger partial charge < -0.3 is 4.74 Å². The SMILES string of the molecule is C=C(C)CC1OC(=O)C(C)C1=O. The molecule has 1 heterocycles. The monoisotopic (exact) mass is 168 g/mol. The third kappa shape index (κ3) is 1.55. The number of hydrogen-bond donors (Lipinski definition) is 0. The lowest BCUT2D eigenvalue weighted by Crippen LogP contribution is -2.18. The van der Waals surface area contributed by atoms with E-state index in [1.165, 1.54) is 0 Å². The highest BCUT2D eigenvalue weighted by molar-refractivity contribution is 6.06. The number of cyclic esters (lactones) is 1. The van der Waals surface area contributed by atoms with Gasteiger partial charge in [0.25, 0.3) is 0 Å². The summed E-state index contributed by atoms with van der Waals surface area (Å²) >= 11 is 0. The molecular weight excluding hydrogens is 156 g/mol. The largest absolute Gasteiger partial charge is 0.453 e. The zero-order valence-corrected chi connectivity index (χ0v) is 7.29. The summed E-state index contributed by atoms with van der Waals surface area (Å²) in [6.07, 6.45) is -0.125. The smallest absolute Gasteiger partial charge is 0.317 e. The summed E-state index contributed by atoms with van der Waals surface area (Å²) in [7, 11) is 0. The molecular formula is C9H12O3. The summed E-state index contributed by atoms with van der Waals surface area (Å²) in [6, 6.07) is 0. The van der Waals surface area contributed by atoms with E-state index >= 15 is 0 Å². The predicted molar refractivity (Wildman–Crippen MR) is 43.5 cm³/mol. The Hall–Kier alpha value is -1.12. The number of hydrogen-bond acceptors (Lipinski definition) is 3. The Morgan fingerprint density at radius 3 is 2.50 bits per heavy atom. The van der Waals surface area contributed by atoms with E-state index in [4.69, 9.17) is 4.74 Å². The van der Waals surface area contributed by atoms with Crippen molar-refractivity contribution in [1.82, 2.24) is 0 Å². The van der Waals surface area contributed by atoms with Gasteiger partial charge in [0.1, 0.15) is 5.92 Å². The number of carbonyl (C=O) groups is 2. The fourth-order valence-corrected chi connectivity index (χ4v) is 1.15. The van der Waals surface area contributed by atoms with Crippen molar-refractivity contribution in [2.45, 2.75) is 26.4 Å². The lowest BCUT2D eigenvalue weighted by molar-refractivity contribution is -0.144. The molecule has 2 unspecified atom stereocenters. The van der Waals surface area contributed by atoms with Gasteiger partial charge in [-0.1, -0.05) is 12.2 Å². The molecule has 1 saturated heterocycles. The minimum absolute atomic E-state index is 0.122. The van der Waals surface area contributed by atoms with E-state index in [2.05, 4.69) is 6.58 Å². The number of carbonyl (C=O) groups excluding carboxylic acids is 2. The van der Waals surface area contributed by atoms with Crippen LogP contribution in [0.3, 0.4) is 0 Å². The van der Waals surface area contributed by atoms with Crippen LogP contribution in [0, 0.1) is 5.92 Å². The third-order valence-electron chi connectivity index (χ3n) is 1.89. The first kappa shape index (κ1) is 8.97. The summed E-state index contributed by atoms with van der Waals surface area (Å²) < 4.78 is 4.85. The number of ether oxygens (including phenoxy) is 1. The summed E-state index contributed by atoms with van der Waals surface area (Å²) in [4.78, 5) is 22.2. The molecule has 1 fully saturated rings. The van der Waals surface area contributed by atoms with E-state index in [-0.39, 0.29) is 5.78 Å². The average Bonchev–Trinajstić information content (AvgIpc) is 2.17. The second kappa shape index (κ2) is 3.09. The summed E-state index contributed by atoms with van der Waals surface area (Å²) in [5, 5.41) is 0. The van der Waals surface area contributed by atoms with Crippen LogP contribution in [-0.4, -0.2) is 17.9 Å². The first-order valence-corrected chi connectivity index (χ1v) is 3.91. The fourth-order valence-electron chi connectivity index (χ4n) is 1.15. The van der Waals surface area contributed by atoms with E-state index in [0.29, 0.717) is 6.42 Å². The van der Waals surface area contributed by atoms with E-state index in [9.17, 15) is 9.59 Å². The van der Waals surface area contributed by atoms with Crippen LogP contribution in [0.15, 0.2) is 12.2 Å². The minimum Gasteiger partial charge on any atom is -0.453 e. The lowest BCUT2D eigenvalue weighted by Gasteiger charge is -2.05. The molecule has 0 aromatic heterocycles. The van der Waals surface area contributed by atoms with Crippen LogP contribution in [0.4, 0.5) is 0 Å². The Labute approximate surface area is 71.4 Å². The topological polar surface area (TPSA) is 43.4 Å². The molecule has 0 saturated carbocycles. The molecule has 2 atom stereocenters. The number of rotatable bonds is 2. The standard InChI is InChI=1S/C9H12O3/c1-5(2)4-7-8(10)6(3)9(11)12-7/h6-7H,1,4H2,2-3H3. The highest BCUT2D eigenvalue weighted by Gasteiger charge is 2.39. The van der Waals surface area contributed by atoms with Crippen molar-refractivity contribution in [2.24, 2.45) is 5.92 Å². The molecule has 66 valence electrons. The molecule has 3 heteroatoms. The Morgan fingerprint density at radius 1 is 1.58 bits per heavy atom. The molecule has 0 spiro atoms. The van der Waals surface area contributed by atoms with Crippen molar-refractivity contribution in [3.63, 3.8) is 0 Å². The zero-order chi connectivity index (χ0) is 9.30. The molecule has 0 bridgehead atoms. The second-order valence-electron chi connectivity index (χ2n) is 3.21. The van der Waals surface area contributed by atoms with Crippen LogP contribution in [-0.2, 0) is 14.3 Å². The number of ketones is 1. The van der Waals surface area contributed by atoms with Gasteiger partial charge in [0.2, 0.25) is 0 Å². The molecule has 0 aliphatic carbocycles. The van der Waals surface area contributed by atoms with Gasteiger partial charge in [0.15, 0.2) is 11.9 Å². The van der Waals surface area contributed by atoms with Crippen molar-refractivity contribution in [3.8, 4) is 0 Å². The lowest BCUT2D eigenvalue weighted by atomic mass is 10.0. The van der Waals surface area contributed by atoms with Gasteiger partial charge in [-0.3, -0.25) is 9.59 Å². The van der Waals surface area contributed by atoms with Crippen LogP contribution in [0.5, 0.6) is 0 Å². The Kier molecular flexibility index (Phi) is 2.31. The van der Waals surface area contributed by atoms with Gasteiger partial charge in [-0.2, -0.15) is 0 Å². The predicted octanol–water partition coefficient (Wildman–Crippen LogP) is 1.08. The van der Waals surface area contributed by atoms with Crippen molar-refractivity contribution in [1.29, 1.82) is 0 Å². The van der Waals surface area contributed by atoms with Crippen molar-refractivity contribution < 1.29 is 14.3 Å². The summed E-state index contributed by atoms with van der Waals surface area (Å²) in [5.41, 5.74) is 0.857. The Bertz CT molecular complexity index is 240. The molecule has 0 aromatic rings. The van der Waals surface area contributed by atoms with E-state index in [1.807, 2.05) is 6.92 Å². The van der Waals surface area contributed by atoms with Gasteiger partial charge in [0.05, 0.1) is 0 Å². The van der Waals surface area contributed by atoms with Crippen molar-refractivity contribution in [2.75, 3.05) is 0 Å². The van der Waals surface area contributed by atoms with E-state index < -0.39 is 18.0 Å². The molecule has 0 amide bonds. The molecule has 0 aromatic carbocycles. The van der Waals surface area contributed by atoms with Gasteiger partial charge in [-0.15, -0.1) is 0 Å². The first-order valence-electron chi connectivity index (χ1n) is 3.91. The molecule has 12 heavy (non-hydrogen) atoms. The molecule has 0 N–H and O–H groups in total. The zero-order valence-electron chi connectivity index (χ0n) is 7.29. The van der Waals surface area contributed by atoms with E-state index in [1.54, 1.807) is 6.92 Å². The van der Waals surface area contributed by atoms with Crippen molar-refractivity contribution >= 4 is 11.8 Å². The maximum Gasteiger partial charge on any atom is 0.317 e.